The van der Waals surface area contributed by atoms with Gasteiger partial charge < -0.3 is 10.6 Å². The molecule has 0 spiro atoms. The third-order valence-electron chi connectivity index (χ3n) is 4.90. The van der Waals surface area contributed by atoms with Crippen molar-refractivity contribution in [2.24, 2.45) is 5.92 Å². The molecular weight excluding hydrogens is 430 g/mol. The number of hydrogen-bond donors (Lipinski definition) is 2. The Balaban J connectivity index is 1.59. The van der Waals surface area contributed by atoms with E-state index in [1.807, 2.05) is 26.0 Å². The molecule has 1 aliphatic rings. The van der Waals surface area contributed by atoms with Gasteiger partial charge >= 0.3 is 6.03 Å². The maximum absolute atomic E-state index is 12.6. The fraction of sp³-hybridized carbons (Fsp3) is 0.450. The second-order valence-electron chi connectivity index (χ2n) is 7.43. The van der Waals surface area contributed by atoms with E-state index in [0.717, 1.165) is 23.3 Å². The molecule has 1 aromatic carbocycles. The number of nitrogens with zero attached hydrogens (tertiary/aromatic N) is 1. The summed E-state index contributed by atoms with van der Waals surface area (Å²) in [7, 11) is -3.41. The van der Waals surface area contributed by atoms with Crippen molar-refractivity contribution in [2.45, 2.75) is 43.5 Å². The Kier molecular flexibility index (Phi) is 7.21. The van der Waals surface area contributed by atoms with Crippen molar-refractivity contribution in [3.05, 3.63) is 51.9 Å². The zero-order valence-electron chi connectivity index (χ0n) is 16.5. The number of urea groups is 1. The number of hydrogen-bond acceptors (Lipinski definition) is 4. The van der Waals surface area contributed by atoms with Gasteiger partial charge in [0.05, 0.1) is 12.6 Å². The van der Waals surface area contributed by atoms with Gasteiger partial charge in [0.2, 0.25) is 0 Å². The van der Waals surface area contributed by atoms with E-state index in [4.69, 9.17) is 11.6 Å². The molecule has 2 heterocycles. The van der Waals surface area contributed by atoms with Gasteiger partial charge in [0.1, 0.15) is 4.21 Å². The minimum Gasteiger partial charge on any atom is -0.333 e. The Bertz CT molecular complexity index is 936. The Hall–Kier alpha value is -1.61. The quantitative estimate of drug-likeness (QED) is 0.650. The van der Waals surface area contributed by atoms with Gasteiger partial charge in [0.15, 0.2) is 0 Å². The fourth-order valence-electron chi connectivity index (χ4n) is 3.31. The second kappa shape index (κ2) is 9.47. The first-order chi connectivity index (χ1) is 13.8. The largest absolute Gasteiger partial charge is 0.333 e. The molecule has 1 aliphatic heterocycles. The molecule has 2 N–H and O–H groups in total. The Morgan fingerprint density at radius 1 is 1.14 bits per heavy atom. The highest BCUT2D eigenvalue weighted by atomic mass is 35.5. The van der Waals surface area contributed by atoms with Crippen molar-refractivity contribution in [1.82, 2.24) is 14.9 Å². The van der Waals surface area contributed by atoms with Gasteiger partial charge in [-0.1, -0.05) is 37.6 Å². The molecule has 1 fully saturated rings. The molecule has 0 aliphatic carbocycles. The summed E-state index contributed by atoms with van der Waals surface area (Å²) in [5, 5.41) is 6.47. The van der Waals surface area contributed by atoms with E-state index in [0.29, 0.717) is 22.3 Å². The van der Waals surface area contributed by atoms with Gasteiger partial charge in [-0.2, -0.15) is 4.31 Å². The van der Waals surface area contributed by atoms with E-state index < -0.39 is 10.0 Å². The minimum atomic E-state index is -3.41. The Labute approximate surface area is 181 Å². The average molecular weight is 456 g/mol. The highest BCUT2D eigenvalue weighted by Gasteiger charge is 2.28. The number of thiophene rings is 1. The van der Waals surface area contributed by atoms with Crippen LogP contribution in [0.2, 0.25) is 5.02 Å². The Morgan fingerprint density at radius 2 is 1.79 bits per heavy atom. The highest BCUT2D eigenvalue weighted by molar-refractivity contribution is 7.91. The average Bonchev–Trinajstić information content (AvgIpc) is 3.37. The smallest absolute Gasteiger partial charge is 0.315 e. The maximum atomic E-state index is 12.6. The Morgan fingerprint density at radius 3 is 2.41 bits per heavy atom. The zero-order valence-corrected chi connectivity index (χ0v) is 18.9. The van der Waals surface area contributed by atoms with Crippen molar-refractivity contribution in [1.29, 1.82) is 0 Å². The third kappa shape index (κ3) is 5.51. The van der Waals surface area contributed by atoms with Crippen LogP contribution in [0, 0.1) is 5.92 Å². The van der Waals surface area contributed by atoms with Crippen LogP contribution in [0.4, 0.5) is 4.79 Å². The van der Waals surface area contributed by atoms with Gasteiger partial charge in [0, 0.05) is 23.0 Å². The summed E-state index contributed by atoms with van der Waals surface area (Å²) in [6, 6.07) is 10.4. The van der Waals surface area contributed by atoms with Gasteiger partial charge in [-0.25, -0.2) is 13.2 Å². The van der Waals surface area contributed by atoms with Gasteiger partial charge in [-0.3, -0.25) is 0 Å². The lowest BCUT2D eigenvalue weighted by molar-refractivity contribution is 0.233. The number of sulfonamides is 1. The molecule has 1 saturated heterocycles. The van der Waals surface area contributed by atoms with Gasteiger partial charge in [-0.05, 0) is 48.6 Å². The number of benzene rings is 1. The lowest BCUT2D eigenvalue weighted by Crippen LogP contribution is -2.39. The van der Waals surface area contributed by atoms with E-state index in [2.05, 4.69) is 10.6 Å². The summed E-state index contributed by atoms with van der Waals surface area (Å²) in [6.07, 6.45) is 1.81. The molecule has 0 bridgehead atoms. The number of carbonyl (C=O) groups is 1. The molecule has 3 rings (SSSR count). The standard InChI is InChI=1S/C20H26ClN3O3S2/c1-14(2)19(15-5-7-16(21)8-6-15)23-20(25)22-13-17-9-10-18(28-17)29(26,27)24-11-3-4-12-24/h5-10,14,19H,3-4,11-13H2,1-2H3,(H2,22,23,25). The van der Waals surface area contributed by atoms with Crippen molar-refractivity contribution < 1.29 is 13.2 Å². The summed E-state index contributed by atoms with van der Waals surface area (Å²) in [5.74, 6) is 0.195. The molecule has 2 aromatic rings. The molecule has 6 nitrogen and oxygen atoms in total. The molecule has 0 saturated carbocycles. The normalized spacial score (nSPS) is 16.1. The molecule has 1 unspecified atom stereocenters. The number of halogens is 1. The molecule has 9 heteroatoms. The van der Waals surface area contributed by atoms with Crippen molar-refractivity contribution in [3.63, 3.8) is 0 Å². The maximum Gasteiger partial charge on any atom is 0.315 e. The van der Waals surface area contributed by atoms with Crippen molar-refractivity contribution in [2.75, 3.05) is 13.1 Å². The monoisotopic (exact) mass is 455 g/mol. The molecule has 1 aromatic heterocycles. The van der Waals surface area contributed by atoms with E-state index in [1.165, 1.54) is 15.6 Å². The zero-order chi connectivity index (χ0) is 21.0. The number of amides is 2. The highest BCUT2D eigenvalue weighted by Crippen LogP contribution is 2.27. The predicted molar refractivity (Wildman–Crippen MR) is 117 cm³/mol. The van der Waals surface area contributed by atoms with Crippen LogP contribution < -0.4 is 10.6 Å². The molecule has 0 radical (unpaired) electrons. The van der Waals surface area contributed by atoms with Crippen LogP contribution in [0.5, 0.6) is 0 Å². The summed E-state index contributed by atoms with van der Waals surface area (Å²) in [4.78, 5) is 13.2. The minimum absolute atomic E-state index is 0.151. The molecular formula is C20H26ClN3O3S2. The first-order valence-electron chi connectivity index (χ1n) is 9.66. The number of nitrogens with one attached hydrogen (secondary N) is 2. The lowest BCUT2D eigenvalue weighted by atomic mass is 9.96. The van der Waals surface area contributed by atoms with Crippen LogP contribution in [-0.4, -0.2) is 31.8 Å². The van der Waals surface area contributed by atoms with E-state index in [1.54, 1.807) is 24.3 Å². The first kappa shape index (κ1) is 22.1. The molecule has 1 atom stereocenters. The topological polar surface area (TPSA) is 78.5 Å². The number of carbonyl (C=O) groups excluding carboxylic acids is 1. The van der Waals surface area contributed by atoms with Crippen LogP contribution in [0.15, 0.2) is 40.6 Å². The first-order valence-corrected chi connectivity index (χ1v) is 12.3. The van der Waals surface area contributed by atoms with Gasteiger partial charge in [-0.15, -0.1) is 11.3 Å². The lowest BCUT2D eigenvalue weighted by Gasteiger charge is -2.23. The van der Waals surface area contributed by atoms with E-state index in [9.17, 15) is 13.2 Å². The van der Waals surface area contributed by atoms with Crippen LogP contribution in [0.3, 0.4) is 0 Å². The molecule has 2 amide bonds. The third-order valence-corrected chi connectivity index (χ3v) is 8.60. The van der Waals surface area contributed by atoms with Crippen LogP contribution >= 0.6 is 22.9 Å². The van der Waals surface area contributed by atoms with E-state index >= 15 is 0 Å². The van der Waals surface area contributed by atoms with Crippen molar-refractivity contribution >= 4 is 39.0 Å². The summed E-state index contributed by atoms with van der Waals surface area (Å²) in [5.41, 5.74) is 0.981. The van der Waals surface area contributed by atoms with Crippen molar-refractivity contribution in [3.8, 4) is 0 Å². The molecule has 158 valence electrons. The fourth-order valence-corrected chi connectivity index (χ4v) is 6.41. The second-order valence-corrected chi connectivity index (χ2v) is 11.2. The van der Waals surface area contributed by atoms with Crippen LogP contribution in [0.1, 0.15) is 43.2 Å². The SMILES string of the molecule is CC(C)C(NC(=O)NCc1ccc(S(=O)(=O)N2CCCC2)s1)c1ccc(Cl)cc1. The van der Waals surface area contributed by atoms with E-state index in [-0.39, 0.29) is 24.5 Å². The van der Waals surface area contributed by atoms with Crippen LogP contribution in [0.25, 0.3) is 0 Å². The summed E-state index contributed by atoms with van der Waals surface area (Å²) >= 11 is 7.16. The summed E-state index contributed by atoms with van der Waals surface area (Å²) < 4.78 is 27.1. The number of rotatable bonds is 7. The van der Waals surface area contributed by atoms with Gasteiger partial charge in [0.25, 0.3) is 10.0 Å². The molecule has 29 heavy (non-hydrogen) atoms. The van der Waals surface area contributed by atoms with Crippen LogP contribution in [-0.2, 0) is 16.6 Å². The predicted octanol–water partition coefficient (Wildman–Crippen LogP) is 4.38. The summed E-state index contributed by atoms with van der Waals surface area (Å²) in [6.45, 7) is 5.51.